The summed E-state index contributed by atoms with van der Waals surface area (Å²) in [5, 5.41) is 9.12. The van der Waals surface area contributed by atoms with E-state index in [1.807, 2.05) is 0 Å². The highest BCUT2D eigenvalue weighted by molar-refractivity contribution is 8.00. The van der Waals surface area contributed by atoms with E-state index >= 15 is 0 Å². The number of carbonyl (C=O) groups excluding carboxylic acids is 1. The van der Waals surface area contributed by atoms with Gasteiger partial charge in [0.15, 0.2) is 5.78 Å². The normalized spacial score (nSPS) is 10.3. The van der Waals surface area contributed by atoms with Gasteiger partial charge in [-0.3, -0.25) is 4.79 Å². The summed E-state index contributed by atoms with van der Waals surface area (Å²) in [7, 11) is 0. The summed E-state index contributed by atoms with van der Waals surface area (Å²) in [6.45, 7) is 0. The maximum Gasteiger partial charge on any atom is 0.173 e. The Balaban J connectivity index is 1.98. The van der Waals surface area contributed by atoms with Gasteiger partial charge in [0, 0.05) is 10.5 Å². The molecule has 0 heterocycles. The number of Topliss-reactive ketones (excluding diaryl/α,β-unsaturated/α-hetero) is 1. The minimum Gasteiger partial charge on any atom is -0.508 e. The van der Waals surface area contributed by atoms with Gasteiger partial charge in [-0.05, 0) is 42.5 Å². The van der Waals surface area contributed by atoms with Crippen molar-refractivity contribution < 1.29 is 14.3 Å². The lowest BCUT2D eigenvalue weighted by Gasteiger charge is -2.02. The van der Waals surface area contributed by atoms with E-state index in [0.717, 1.165) is 4.90 Å². The molecule has 0 aliphatic rings. The Morgan fingerprint density at radius 3 is 2.56 bits per heavy atom. The van der Waals surface area contributed by atoms with Crippen LogP contribution in [0.2, 0.25) is 0 Å². The fourth-order valence-electron chi connectivity index (χ4n) is 1.44. The van der Waals surface area contributed by atoms with Crippen molar-refractivity contribution in [2.45, 2.75) is 4.90 Å². The lowest BCUT2D eigenvalue weighted by atomic mass is 10.1. The van der Waals surface area contributed by atoms with E-state index in [2.05, 4.69) is 0 Å². The number of hydrogen-bond acceptors (Lipinski definition) is 3. The van der Waals surface area contributed by atoms with Gasteiger partial charge in [0.25, 0.3) is 0 Å². The van der Waals surface area contributed by atoms with Crippen LogP contribution >= 0.6 is 11.8 Å². The Hall–Kier alpha value is -1.81. The number of halogens is 1. The summed E-state index contributed by atoms with van der Waals surface area (Å²) in [6.07, 6.45) is 0. The second-order valence-electron chi connectivity index (χ2n) is 3.72. The van der Waals surface area contributed by atoms with Crippen LogP contribution in [0.1, 0.15) is 10.4 Å². The average Bonchev–Trinajstić information content (AvgIpc) is 2.37. The van der Waals surface area contributed by atoms with Gasteiger partial charge in [-0.2, -0.15) is 0 Å². The van der Waals surface area contributed by atoms with Crippen LogP contribution in [-0.2, 0) is 0 Å². The molecule has 0 aromatic heterocycles. The van der Waals surface area contributed by atoms with E-state index in [1.165, 1.54) is 36.0 Å². The predicted octanol–water partition coefficient (Wildman–Crippen LogP) is 3.51. The summed E-state index contributed by atoms with van der Waals surface area (Å²) in [5.74, 6) is 0.0134. The van der Waals surface area contributed by atoms with Crippen molar-refractivity contribution in [1.82, 2.24) is 0 Å². The van der Waals surface area contributed by atoms with Gasteiger partial charge in [0.1, 0.15) is 11.6 Å². The van der Waals surface area contributed by atoms with Crippen molar-refractivity contribution in [2.24, 2.45) is 0 Å². The molecule has 0 fully saturated rings. The molecule has 0 saturated carbocycles. The highest BCUT2D eigenvalue weighted by Crippen LogP contribution is 2.20. The average molecular weight is 262 g/mol. The molecular weight excluding hydrogens is 251 g/mol. The van der Waals surface area contributed by atoms with Gasteiger partial charge in [-0.15, -0.1) is 11.8 Å². The summed E-state index contributed by atoms with van der Waals surface area (Å²) in [4.78, 5) is 12.5. The molecule has 2 aromatic rings. The van der Waals surface area contributed by atoms with Gasteiger partial charge in [-0.25, -0.2) is 4.39 Å². The van der Waals surface area contributed by atoms with E-state index in [1.54, 1.807) is 24.3 Å². The minimum atomic E-state index is -0.308. The molecule has 18 heavy (non-hydrogen) atoms. The third kappa shape index (κ3) is 3.34. The molecule has 0 amide bonds. The quantitative estimate of drug-likeness (QED) is 0.676. The minimum absolute atomic E-state index is 0.0516. The van der Waals surface area contributed by atoms with Gasteiger partial charge < -0.3 is 5.11 Å². The maximum absolute atomic E-state index is 12.9. The molecule has 0 saturated heterocycles. The summed E-state index contributed by atoms with van der Waals surface area (Å²) in [6, 6.07) is 12.2. The Bertz CT molecular complexity index is 552. The molecule has 0 aliphatic carbocycles. The molecule has 0 atom stereocenters. The monoisotopic (exact) mass is 262 g/mol. The second kappa shape index (κ2) is 5.69. The van der Waals surface area contributed by atoms with Crippen molar-refractivity contribution in [1.29, 1.82) is 0 Å². The third-order valence-corrected chi connectivity index (χ3v) is 3.35. The number of rotatable bonds is 4. The zero-order valence-electron chi connectivity index (χ0n) is 9.47. The Morgan fingerprint density at radius 2 is 1.89 bits per heavy atom. The molecule has 0 spiro atoms. The molecule has 0 radical (unpaired) electrons. The van der Waals surface area contributed by atoms with Gasteiger partial charge in [0.2, 0.25) is 0 Å². The van der Waals surface area contributed by atoms with Crippen molar-refractivity contribution in [3.8, 4) is 5.75 Å². The maximum atomic E-state index is 12.9. The molecule has 2 nitrogen and oxygen atoms in total. The molecule has 2 aromatic carbocycles. The largest absolute Gasteiger partial charge is 0.508 e. The number of aromatic hydroxyl groups is 1. The lowest BCUT2D eigenvalue weighted by molar-refractivity contribution is 0.102. The van der Waals surface area contributed by atoms with Crippen LogP contribution in [0.3, 0.4) is 0 Å². The van der Waals surface area contributed by atoms with Crippen molar-refractivity contribution in [2.75, 3.05) is 5.75 Å². The number of benzene rings is 2. The van der Waals surface area contributed by atoms with Crippen LogP contribution in [0.25, 0.3) is 0 Å². The van der Waals surface area contributed by atoms with Crippen molar-refractivity contribution >= 4 is 17.5 Å². The van der Waals surface area contributed by atoms with E-state index in [-0.39, 0.29) is 23.1 Å². The highest BCUT2D eigenvalue weighted by Gasteiger charge is 2.06. The Labute approximate surface area is 108 Å². The first-order valence-electron chi connectivity index (χ1n) is 5.36. The topological polar surface area (TPSA) is 37.3 Å². The molecule has 2 rings (SSSR count). The molecule has 1 N–H and O–H groups in total. The van der Waals surface area contributed by atoms with E-state index in [4.69, 9.17) is 5.11 Å². The first-order valence-corrected chi connectivity index (χ1v) is 6.34. The number of phenolic OH excluding ortho intramolecular Hbond substituents is 1. The van der Waals surface area contributed by atoms with Crippen LogP contribution in [0.5, 0.6) is 5.75 Å². The van der Waals surface area contributed by atoms with Gasteiger partial charge >= 0.3 is 0 Å². The Morgan fingerprint density at radius 1 is 1.17 bits per heavy atom. The van der Waals surface area contributed by atoms with E-state index in [0.29, 0.717) is 5.56 Å². The van der Waals surface area contributed by atoms with Crippen LogP contribution in [0.4, 0.5) is 4.39 Å². The van der Waals surface area contributed by atoms with E-state index < -0.39 is 0 Å². The standard InChI is InChI=1S/C14H11FO2S/c15-11-2-1-3-13(8-11)18-9-14(17)10-4-6-12(16)7-5-10/h1-8,16H,9H2. The molecule has 92 valence electrons. The predicted molar refractivity (Wildman–Crippen MR) is 69.6 cm³/mol. The van der Waals surface area contributed by atoms with Crippen LogP contribution in [0.15, 0.2) is 53.4 Å². The smallest absolute Gasteiger partial charge is 0.173 e. The molecule has 4 heteroatoms. The summed E-state index contributed by atoms with van der Waals surface area (Å²) in [5.41, 5.74) is 0.539. The van der Waals surface area contributed by atoms with Crippen LogP contribution in [-0.4, -0.2) is 16.6 Å². The van der Waals surface area contributed by atoms with Crippen molar-refractivity contribution in [3.63, 3.8) is 0 Å². The Kier molecular flexibility index (Phi) is 3.99. The number of thioether (sulfide) groups is 1. The number of hydrogen-bond donors (Lipinski definition) is 1. The first-order chi connectivity index (χ1) is 8.65. The second-order valence-corrected chi connectivity index (χ2v) is 4.76. The zero-order valence-corrected chi connectivity index (χ0v) is 10.3. The van der Waals surface area contributed by atoms with Crippen LogP contribution in [0, 0.1) is 5.82 Å². The SMILES string of the molecule is O=C(CSc1cccc(F)c1)c1ccc(O)cc1. The number of carbonyl (C=O) groups is 1. The number of ketones is 1. The molecular formula is C14H11FO2S. The lowest BCUT2D eigenvalue weighted by Crippen LogP contribution is -2.01. The van der Waals surface area contributed by atoms with E-state index in [9.17, 15) is 9.18 Å². The highest BCUT2D eigenvalue weighted by atomic mass is 32.2. The first kappa shape index (κ1) is 12.6. The third-order valence-electron chi connectivity index (χ3n) is 2.36. The molecule has 0 aliphatic heterocycles. The fraction of sp³-hybridized carbons (Fsp3) is 0.0714. The summed E-state index contributed by atoms with van der Waals surface area (Å²) >= 11 is 1.29. The zero-order chi connectivity index (χ0) is 13.0. The molecule has 0 unspecified atom stereocenters. The van der Waals surface area contributed by atoms with Gasteiger partial charge in [0.05, 0.1) is 5.75 Å². The molecule has 0 bridgehead atoms. The summed E-state index contributed by atoms with van der Waals surface area (Å²) < 4.78 is 12.9. The van der Waals surface area contributed by atoms with Crippen molar-refractivity contribution in [3.05, 3.63) is 59.9 Å². The van der Waals surface area contributed by atoms with Crippen LogP contribution < -0.4 is 0 Å². The fourth-order valence-corrected chi connectivity index (χ4v) is 2.27. The number of phenols is 1. The van der Waals surface area contributed by atoms with Gasteiger partial charge in [-0.1, -0.05) is 6.07 Å².